The average Bonchev–Trinajstić information content (AvgIpc) is 1.88. The van der Waals surface area contributed by atoms with Gasteiger partial charge in [-0.2, -0.15) is 0 Å². The Hall–Kier alpha value is -0.700. The van der Waals surface area contributed by atoms with Gasteiger partial charge in [0.25, 0.3) is 5.56 Å². The lowest BCUT2D eigenvalue weighted by molar-refractivity contribution is 1.08. The Morgan fingerprint density at radius 3 is 2.70 bits per heavy atom. The first-order valence-corrected chi connectivity index (χ1v) is 4.20. The minimum atomic E-state index is 0.00694. The number of hydrogen-bond donors (Lipinski definition) is 1. The van der Waals surface area contributed by atoms with E-state index in [1.54, 1.807) is 0 Å². The fourth-order valence-electron chi connectivity index (χ4n) is 0.719. The van der Waals surface area contributed by atoms with Crippen molar-refractivity contribution >= 4 is 11.8 Å². The summed E-state index contributed by atoms with van der Waals surface area (Å²) in [5, 5.41) is 0. The van der Waals surface area contributed by atoms with Crippen LogP contribution in [-0.4, -0.2) is 11.2 Å². The molecule has 1 rings (SSSR count). The van der Waals surface area contributed by atoms with Crippen molar-refractivity contribution in [2.24, 2.45) is 0 Å². The first-order valence-electron chi connectivity index (χ1n) is 2.98. The Balaban J connectivity index is 3.20. The quantitative estimate of drug-likeness (QED) is 0.622. The predicted octanol–water partition coefficient (Wildman–Crippen LogP) is 1.41. The second-order valence-electron chi connectivity index (χ2n) is 2.04. The van der Waals surface area contributed by atoms with Gasteiger partial charge < -0.3 is 4.98 Å². The number of rotatable bonds is 1. The Morgan fingerprint density at radius 2 is 2.20 bits per heavy atom. The third-order valence-corrected chi connectivity index (χ3v) is 2.00. The molecule has 0 fully saturated rings. The van der Waals surface area contributed by atoms with Crippen LogP contribution in [0.25, 0.3) is 0 Å². The molecule has 0 amide bonds. The van der Waals surface area contributed by atoms with E-state index in [2.05, 4.69) is 4.98 Å². The minimum Gasteiger partial charge on any atom is -0.326 e. The maximum Gasteiger partial charge on any atom is 0.261 e. The van der Waals surface area contributed by atoms with E-state index >= 15 is 0 Å². The van der Waals surface area contributed by atoms with Gasteiger partial charge in [0, 0.05) is 5.69 Å². The van der Waals surface area contributed by atoms with Crippen molar-refractivity contribution in [1.29, 1.82) is 0 Å². The van der Waals surface area contributed by atoms with Crippen LogP contribution in [-0.2, 0) is 0 Å². The minimum absolute atomic E-state index is 0.00694. The van der Waals surface area contributed by atoms with E-state index in [0.717, 1.165) is 10.6 Å². The van der Waals surface area contributed by atoms with Crippen molar-refractivity contribution in [3.8, 4) is 0 Å². The number of thioether (sulfide) groups is 1. The Labute approximate surface area is 63.7 Å². The molecule has 0 saturated carbocycles. The summed E-state index contributed by atoms with van der Waals surface area (Å²) in [6.45, 7) is 1.87. The van der Waals surface area contributed by atoms with Crippen molar-refractivity contribution in [3.63, 3.8) is 0 Å². The van der Waals surface area contributed by atoms with Crippen LogP contribution in [0, 0.1) is 6.92 Å². The van der Waals surface area contributed by atoms with Crippen LogP contribution in [0.1, 0.15) is 5.69 Å². The van der Waals surface area contributed by atoms with Gasteiger partial charge >= 0.3 is 0 Å². The lowest BCUT2D eigenvalue weighted by Gasteiger charge is -1.94. The number of hydrogen-bond acceptors (Lipinski definition) is 2. The summed E-state index contributed by atoms with van der Waals surface area (Å²) in [6.07, 6.45) is 1.89. The molecule has 54 valence electrons. The number of aromatic nitrogens is 1. The standard InChI is InChI=1S/C7H9NOS/c1-5-3-4-6(10-2)7(9)8-5/h3-4H,1-2H3,(H,8,9). The van der Waals surface area contributed by atoms with Gasteiger partial charge in [0.1, 0.15) is 0 Å². The number of aromatic amines is 1. The molecule has 1 heterocycles. The molecule has 0 aromatic carbocycles. The van der Waals surface area contributed by atoms with Crippen LogP contribution in [0.15, 0.2) is 21.8 Å². The van der Waals surface area contributed by atoms with Gasteiger partial charge in [0.05, 0.1) is 4.90 Å². The average molecular weight is 155 g/mol. The van der Waals surface area contributed by atoms with Crippen LogP contribution in [0.5, 0.6) is 0 Å². The predicted molar refractivity (Wildman–Crippen MR) is 43.6 cm³/mol. The van der Waals surface area contributed by atoms with E-state index in [4.69, 9.17) is 0 Å². The molecule has 0 atom stereocenters. The number of nitrogens with one attached hydrogen (secondary N) is 1. The molecular weight excluding hydrogens is 146 g/mol. The molecule has 2 nitrogen and oxygen atoms in total. The van der Waals surface area contributed by atoms with Crippen LogP contribution < -0.4 is 5.56 Å². The second-order valence-corrected chi connectivity index (χ2v) is 2.89. The monoisotopic (exact) mass is 155 g/mol. The summed E-state index contributed by atoms with van der Waals surface area (Å²) in [5.41, 5.74) is 0.912. The molecule has 0 unspecified atom stereocenters. The van der Waals surface area contributed by atoms with Gasteiger partial charge in [0.15, 0.2) is 0 Å². The zero-order valence-corrected chi connectivity index (χ0v) is 6.79. The smallest absolute Gasteiger partial charge is 0.261 e. The van der Waals surface area contributed by atoms with E-state index in [0.29, 0.717) is 0 Å². The summed E-state index contributed by atoms with van der Waals surface area (Å²) in [5.74, 6) is 0. The summed E-state index contributed by atoms with van der Waals surface area (Å²) >= 11 is 1.46. The summed E-state index contributed by atoms with van der Waals surface area (Å²) in [7, 11) is 0. The Morgan fingerprint density at radius 1 is 1.50 bits per heavy atom. The van der Waals surface area contributed by atoms with Gasteiger partial charge in [-0.05, 0) is 25.3 Å². The van der Waals surface area contributed by atoms with Crippen LogP contribution in [0.3, 0.4) is 0 Å². The lowest BCUT2D eigenvalue weighted by atomic mass is 10.4. The highest BCUT2D eigenvalue weighted by Gasteiger charge is 1.94. The molecule has 1 N–H and O–H groups in total. The molecule has 1 aromatic rings. The second kappa shape index (κ2) is 2.92. The summed E-state index contributed by atoms with van der Waals surface area (Å²) in [4.78, 5) is 14.5. The molecule has 0 saturated heterocycles. The third-order valence-electron chi connectivity index (χ3n) is 1.24. The fourth-order valence-corrected chi connectivity index (χ4v) is 1.16. The summed E-state index contributed by atoms with van der Waals surface area (Å²) < 4.78 is 0. The number of aryl methyl sites for hydroxylation is 1. The van der Waals surface area contributed by atoms with Crippen LogP contribution in [0.2, 0.25) is 0 Å². The topological polar surface area (TPSA) is 32.9 Å². The highest BCUT2D eigenvalue weighted by atomic mass is 32.2. The number of pyridine rings is 1. The van der Waals surface area contributed by atoms with E-state index in [1.807, 2.05) is 25.3 Å². The molecule has 10 heavy (non-hydrogen) atoms. The molecular formula is C7H9NOS. The molecule has 3 heteroatoms. The van der Waals surface area contributed by atoms with Gasteiger partial charge in [-0.1, -0.05) is 0 Å². The van der Waals surface area contributed by atoms with Crippen LogP contribution >= 0.6 is 11.8 Å². The lowest BCUT2D eigenvalue weighted by Crippen LogP contribution is -2.08. The van der Waals surface area contributed by atoms with Crippen molar-refractivity contribution in [2.45, 2.75) is 11.8 Å². The third kappa shape index (κ3) is 1.42. The Kier molecular flexibility index (Phi) is 2.17. The zero-order chi connectivity index (χ0) is 7.56. The maximum atomic E-state index is 11.0. The van der Waals surface area contributed by atoms with Gasteiger partial charge in [0.2, 0.25) is 0 Å². The normalized spacial score (nSPS) is 9.80. The van der Waals surface area contributed by atoms with Crippen molar-refractivity contribution in [3.05, 3.63) is 28.2 Å². The van der Waals surface area contributed by atoms with Gasteiger partial charge in [-0.3, -0.25) is 4.79 Å². The highest BCUT2D eigenvalue weighted by Crippen LogP contribution is 2.06. The summed E-state index contributed by atoms with van der Waals surface area (Å²) in [6, 6.07) is 3.73. The van der Waals surface area contributed by atoms with Crippen LogP contribution in [0.4, 0.5) is 0 Å². The van der Waals surface area contributed by atoms with Gasteiger partial charge in [-0.25, -0.2) is 0 Å². The maximum absolute atomic E-state index is 11.0. The molecule has 1 aromatic heterocycles. The van der Waals surface area contributed by atoms with Crippen molar-refractivity contribution in [1.82, 2.24) is 4.98 Å². The van der Waals surface area contributed by atoms with E-state index < -0.39 is 0 Å². The van der Waals surface area contributed by atoms with E-state index in [-0.39, 0.29) is 5.56 Å². The first-order chi connectivity index (χ1) is 4.74. The fraction of sp³-hybridized carbons (Fsp3) is 0.286. The SMILES string of the molecule is CSc1ccc(C)[nH]c1=O. The Bertz CT molecular complexity index is 279. The molecule has 0 bridgehead atoms. The first kappa shape index (κ1) is 7.41. The van der Waals surface area contributed by atoms with Crippen molar-refractivity contribution < 1.29 is 0 Å². The molecule has 0 aliphatic rings. The zero-order valence-electron chi connectivity index (χ0n) is 5.97. The molecule has 0 radical (unpaired) electrons. The molecule has 0 aliphatic heterocycles. The number of H-pyrrole nitrogens is 1. The van der Waals surface area contributed by atoms with Crippen molar-refractivity contribution in [2.75, 3.05) is 6.26 Å². The molecule has 0 aliphatic carbocycles. The van der Waals surface area contributed by atoms with E-state index in [9.17, 15) is 4.79 Å². The van der Waals surface area contributed by atoms with Gasteiger partial charge in [-0.15, -0.1) is 11.8 Å². The largest absolute Gasteiger partial charge is 0.326 e. The van der Waals surface area contributed by atoms with E-state index in [1.165, 1.54) is 11.8 Å². The highest BCUT2D eigenvalue weighted by molar-refractivity contribution is 7.98. The molecule has 0 spiro atoms.